The average molecular weight is 537 g/mol. The van der Waals surface area contributed by atoms with Crippen LogP contribution in [0.2, 0.25) is 0 Å². The molecule has 1 aliphatic heterocycles. The number of aliphatic hydroxyl groups is 1. The first-order valence-corrected chi connectivity index (χ1v) is 13.5. The van der Waals surface area contributed by atoms with Gasteiger partial charge in [-0.15, -0.1) is 0 Å². The summed E-state index contributed by atoms with van der Waals surface area (Å²) >= 11 is 0. The van der Waals surface area contributed by atoms with Gasteiger partial charge < -0.3 is 21.1 Å². The molecule has 3 aromatic rings. The van der Waals surface area contributed by atoms with Gasteiger partial charge in [-0.3, -0.25) is 9.69 Å². The summed E-state index contributed by atoms with van der Waals surface area (Å²) in [6.07, 6.45) is 1.71. The van der Waals surface area contributed by atoms with Crippen molar-refractivity contribution in [2.24, 2.45) is 0 Å². The van der Waals surface area contributed by atoms with E-state index in [4.69, 9.17) is 5.73 Å². The second-order valence-corrected chi connectivity index (χ2v) is 10.5. The van der Waals surface area contributed by atoms with E-state index in [-0.39, 0.29) is 42.7 Å². The number of hydrogen-bond acceptors (Lipinski definition) is 5. The Hall–Kier alpha value is -3.33. The zero-order valence-electron chi connectivity index (χ0n) is 22.7. The van der Waals surface area contributed by atoms with Gasteiger partial charge >= 0.3 is 0 Å². The van der Waals surface area contributed by atoms with Crippen LogP contribution in [0, 0.1) is 25.5 Å². The molecule has 4 rings (SSSR count). The highest BCUT2D eigenvalue weighted by Crippen LogP contribution is 2.30. The molecule has 0 aromatic heterocycles. The first-order valence-electron chi connectivity index (χ1n) is 13.5. The summed E-state index contributed by atoms with van der Waals surface area (Å²) in [6, 6.07) is 16.6. The first-order chi connectivity index (χ1) is 18.7. The van der Waals surface area contributed by atoms with Gasteiger partial charge in [0, 0.05) is 43.0 Å². The standard InChI is InChI=1S/C31H38F2N4O2/c1-21-16-27(34)17-22(2)31(21)35-30(39)19-37-15-14-36(18-28(37)20-38)13-3-4-29(23-5-9-25(32)10-6-23)24-7-11-26(33)12-8-24/h5-12,16-17,28-29,38H,3-4,13-15,18-20,34H2,1-2H3,(H,35,39). The van der Waals surface area contributed by atoms with Crippen LogP contribution in [0.25, 0.3) is 0 Å². The van der Waals surface area contributed by atoms with Crippen LogP contribution in [0.15, 0.2) is 60.7 Å². The van der Waals surface area contributed by atoms with Crippen LogP contribution in [0.3, 0.4) is 0 Å². The number of nitrogens with two attached hydrogens (primary N) is 1. The van der Waals surface area contributed by atoms with E-state index in [1.807, 2.05) is 30.9 Å². The lowest BCUT2D eigenvalue weighted by Crippen LogP contribution is -2.56. The minimum absolute atomic E-state index is 0.0303. The SMILES string of the molecule is Cc1cc(N)cc(C)c1NC(=O)CN1CCN(CCCC(c2ccc(F)cc2)c2ccc(F)cc2)CC1CO. The highest BCUT2D eigenvalue weighted by atomic mass is 19.1. The van der Waals surface area contributed by atoms with Crippen molar-refractivity contribution >= 4 is 17.3 Å². The number of amides is 1. The molecule has 1 saturated heterocycles. The molecule has 6 nitrogen and oxygen atoms in total. The number of piperazine rings is 1. The van der Waals surface area contributed by atoms with Crippen molar-refractivity contribution in [1.29, 1.82) is 0 Å². The fourth-order valence-electron chi connectivity index (χ4n) is 5.53. The highest BCUT2D eigenvalue weighted by Gasteiger charge is 2.28. The van der Waals surface area contributed by atoms with E-state index >= 15 is 0 Å². The first kappa shape index (κ1) is 28.7. The normalized spacial score (nSPS) is 16.5. The van der Waals surface area contributed by atoms with Crippen molar-refractivity contribution < 1.29 is 18.7 Å². The fraction of sp³-hybridized carbons (Fsp3) is 0.387. The number of halogens is 2. The molecule has 1 amide bonds. The van der Waals surface area contributed by atoms with Crippen LogP contribution in [0.4, 0.5) is 20.2 Å². The topological polar surface area (TPSA) is 81.8 Å². The van der Waals surface area contributed by atoms with Crippen molar-refractivity contribution in [2.75, 3.05) is 50.4 Å². The number of nitrogens with one attached hydrogen (secondary N) is 1. The van der Waals surface area contributed by atoms with E-state index in [1.165, 1.54) is 24.3 Å². The van der Waals surface area contributed by atoms with E-state index in [0.717, 1.165) is 53.9 Å². The van der Waals surface area contributed by atoms with Crippen LogP contribution in [-0.2, 0) is 4.79 Å². The summed E-state index contributed by atoms with van der Waals surface area (Å²) in [4.78, 5) is 17.2. The zero-order valence-corrected chi connectivity index (χ0v) is 22.7. The maximum Gasteiger partial charge on any atom is 0.238 e. The van der Waals surface area contributed by atoms with Gasteiger partial charge in [-0.25, -0.2) is 8.78 Å². The third-order valence-electron chi connectivity index (χ3n) is 7.58. The smallest absolute Gasteiger partial charge is 0.238 e. The Morgan fingerprint density at radius 2 is 1.56 bits per heavy atom. The van der Waals surface area contributed by atoms with Crippen molar-refractivity contribution in [3.05, 3.63) is 94.6 Å². The molecule has 1 fully saturated rings. The Morgan fingerprint density at radius 1 is 1.00 bits per heavy atom. The van der Waals surface area contributed by atoms with Gasteiger partial charge in [0.15, 0.2) is 0 Å². The van der Waals surface area contributed by atoms with Crippen molar-refractivity contribution in [2.45, 2.75) is 38.6 Å². The molecule has 8 heteroatoms. The number of nitrogens with zero attached hydrogens (tertiary/aromatic N) is 2. The van der Waals surface area contributed by atoms with Gasteiger partial charge in [0.2, 0.25) is 5.91 Å². The molecular weight excluding hydrogens is 498 g/mol. The zero-order chi connectivity index (χ0) is 27.9. The molecular formula is C31H38F2N4O2. The third-order valence-corrected chi connectivity index (χ3v) is 7.58. The lowest BCUT2D eigenvalue weighted by Gasteiger charge is -2.40. The van der Waals surface area contributed by atoms with Gasteiger partial charge in [0.25, 0.3) is 0 Å². The summed E-state index contributed by atoms with van der Waals surface area (Å²) in [5.74, 6) is -0.640. The molecule has 1 heterocycles. The van der Waals surface area contributed by atoms with Gasteiger partial charge in [-0.1, -0.05) is 24.3 Å². The Balaban J connectivity index is 1.32. The van der Waals surface area contributed by atoms with Crippen LogP contribution >= 0.6 is 0 Å². The largest absolute Gasteiger partial charge is 0.399 e. The van der Waals surface area contributed by atoms with Gasteiger partial charge in [-0.2, -0.15) is 0 Å². The van der Waals surface area contributed by atoms with Crippen LogP contribution in [0.1, 0.15) is 41.0 Å². The van der Waals surface area contributed by atoms with Crippen LogP contribution in [-0.4, -0.2) is 66.2 Å². The number of hydrogen-bond donors (Lipinski definition) is 3. The van der Waals surface area contributed by atoms with Crippen molar-refractivity contribution in [1.82, 2.24) is 9.80 Å². The number of aliphatic hydroxyl groups excluding tert-OH is 1. The molecule has 0 bridgehead atoms. The molecule has 1 atom stereocenters. The Labute approximate surface area is 229 Å². The molecule has 0 spiro atoms. The average Bonchev–Trinajstić information content (AvgIpc) is 2.91. The second-order valence-electron chi connectivity index (χ2n) is 10.5. The van der Waals surface area contributed by atoms with Crippen LogP contribution < -0.4 is 11.1 Å². The molecule has 0 saturated carbocycles. The summed E-state index contributed by atoms with van der Waals surface area (Å²) in [5, 5.41) is 13.1. The number of rotatable bonds is 10. The monoisotopic (exact) mass is 536 g/mol. The number of nitrogen functional groups attached to an aromatic ring is 1. The quantitative estimate of drug-likeness (QED) is 0.328. The molecule has 0 radical (unpaired) electrons. The number of carbonyl (C=O) groups is 1. The van der Waals surface area contributed by atoms with E-state index in [2.05, 4.69) is 10.2 Å². The lowest BCUT2D eigenvalue weighted by atomic mass is 9.87. The number of aryl methyl sites for hydroxylation is 2. The predicted molar refractivity (Wildman–Crippen MR) is 152 cm³/mol. The van der Waals surface area contributed by atoms with E-state index in [9.17, 15) is 18.7 Å². The van der Waals surface area contributed by atoms with Crippen molar-refractivity contribution in [3.8, 4) is 0 Å². The van der Waals surface area contributed by atoms with Gasteiger partial charge in [0.1, 0.15) is 11.6 Å². The third kappa shape index (κ3) is 7.62. The van der Waals surface area contributed by atoms with Crippen molar-refractivity contribution in [3.63, 3.8) is 0 Å². The summed E-state index contributed by atoms with van der Waals surface area (Å²) in [5.41, 5.74) is 11.2. The molecule has 208 valence electrons. The summed E-state index contributed by atoms with van der Waals surface area (Å²) in [6.45, 7) is 6.99. The molecule has 39 heavy (non-hydrogen) atoms. The minimum atomic E-state index is -0.281. The minimum Gasteiger partial charge on any atom is -0.399 e. The van der Waals surface area contributed by atoms with Gasteiger partial charge in [0.05, 0.1) is 13.2 Å². The molecule has 0 aliphatic carbocycles. The number of carbonyl (C=O) groups excluding carboxylic acids is 1. The predicted octanol–water partition coefficient (Wildman–Crippen LogP) is 4.69. The number of benzene rings is 3. The Bertz CT molecular complexity index is 1180. The molecule has 4 N–H and O–H groups in total. The molecule has 1 unspecified atom stereocenters. The summed E-state index contributed by atoms with van der Waals surface area (Å²) in [7, 11) is 0. The highest BCUT2D eigenvalue weighted by molar-refractivity contribution is 5.94. The van der Waals surface area contributed by atoms with E-state index in [1.54, 1.807) is 24.3 Å². The lowest BCUT2D eigenvalue weighted by molar-refractivity contribution is -0.118. The second kappa shape index (κ2) is 13.2. The number of anilines is 2. The Kier molecular flexibility index (Phi) is 9.67. The van der Waals surface area contributed by atoms with E-state index < -0.39 is 0 Å². The molecule has 1 aliphatic rings. The maximum atomic E-state index is 13.5. The molecule has 3 aromatic carbocycles. The van der Waals surface area contributed by atoms with Gasteiger partial charge in [-0.05, 0) is 91.9 Å². The Morgan fingerprint density at radius 3 is 2.10 bits per heavy atom. The summed E-state index contributed by atoms with van der Waals surface area (Å²) < 4.78 is 27.1. The maximum absolute atomic E-state index is 13.5. The van der Waals surface area contributed by atoms with E-state index in [0.29, 0.717) is 18.8 Å². The van der Waals surface area contributed by atoms with Crippen LogP contribution in [0.5, 0.6) is 0 Å². The fourth-order valence-corrected chi connectivity index (χ4v) is 5.53.